The topological polar surface area (TPSA) is 50.8 Å². The second kappa shape index (κ2) is 3.79. The van der Waals surface area contributed by atoms with Gasteiger partial charge in [0, 0.05) is 17.7 Å². The molecular formula is C9H8F3N3O. The highest BCUT2D eigenvalue weighted by Gasteiger charge is 2.39. The fourth-order valence-corrected chi connectivity index (χ4v) is 1.73. The molecule has 0 saturated heterocycles. The minimum absolute atomic E-state index is 0.0639. The second-order valence-corrected chi connectivity index (χ2v) is 3.39. The second-order valence-electron chi connectivity index (χ2n) is 3.39. The minimum Gasteiger partial charge on any atom is -0.376 e. The molecule has 1 aliphatic heterocycles. The third-order valence-corrected chi connectivity index (χ3v) is 2.39. The molecule has 0 bridgehead atoms. The van der Waals surface area contributed by atoms with E-state index in [4.69, 9.17) is 10.00 Å². The number of aromatic nitrogens is 2. The molecule has 0 aliphatic carbocycles. The van der Waals surface area contributed by atoms with Crippen LogP contribution >= 0.6 is 0 Å². The molecular weight excluding hydrogens is 223 g/mol. The van der Waals surface area contributed by atoms with Crippen LogP contribution in [-0.4, -0.2) is 16.4 Å². The number of nitrogens with zero attached hydrogens (tertiary/aromatic N) is 3. The summed E-state index contributed by atoms with van der Waals surface area (Å²) >= 11 is 0. The Kier molecular flexibility index (Phi) is 2.59. The van der Waals surface area contributed by atoms with E-state index in [1.165, 1.54) is 0 Å². The zero-order valence-electron chi connectivity index (χ0n) is 8.21. The van der Waals surface area contributed by atoms with Gasteiger partial charge >= 0.3 is 6.18 Å². The normalized spacial score (nSPS) is 15.6. The van der Waals surface area contributed by atoms with Crippen LogP contribution in [0.3, 0.4) is 0 Å². The van der Waals surface area contributed by atoms with Gasteiger partial charge < -0.3 is 4.74 Å². The third-order valence-electron chi connectivity index (χ3n) is 2.39. The van der Waals surface area contributed by atoms with Gasteiger partial charge in [0.25, 0.3) is 0 Å². The first-order chi connectivity index (χ1) is 7.54. The van der Waals surface area contributed by atoms with Crippen molar-refractivity contribution >= 4 is 0 Å². The summed E-state index contributed by atoms with van der Waals surface area (Å²) in [5.41, 5.74) is -0.411. The Hall–Kier alpha value is -1.55. The molecule has 0 aromatic carbocycles. The van der Waals surface area contributed by atoms with Gasteiger partial charge in [-0.05, 0) is 0 Å². The lowest BCUT2D eigenvalue weighted by Crippen LogP contribution is -2.15. The Morgan fingerprint density at radius 1 is 1.50 bits per heavy atom. The molecule has 0 saturated carbocycles. The monoisotopic (exact) mass is 231 g/mol. The summed E-state index contributed by atoms with van der Waals surface area (Å²) in [4.78, 5) is 0. The van der Waals surface area contributed by atoms with Crippen molar-refractivity contribution < 1.29 is 17.9 Å². The maximum atomic E-state index is 12.6. The molecule has 0 atom stereocenters. The van der Waals surface area contributed by atoms with E-state index in [0.29, 0.717) is 18.7 Å². The molecule has 1 aromatic heterocycles. The number of rotatable bonds is 1. The molecule has 4 nitrogen and oxygen atoms in total. The lowest BCUT2D eigenvalue weighted by molar-refractivity contribution is -0.142. The minimum atomic E-state index is -4.49. The highest BCUT2D eigenvalue weighted by Crippen LogP contribution is 2.34. The smallest absolute Gasteiger partial charge is 0.376 e. The number of hydrogen-bond acceptors (Lipinski definition) is 3. The summed E-state index contributed by atoms with van der Waals surface area (Å²) in [5.74, 6) is 0. The van der Waals surface area contributed by atoms with Crippen molar-refractivity contribution in [3.63, 3.8) is 0 Å². The van der Waals surface area contributed by atoms with E-state index in [0.717, 1.165) is 4.68 Å². The van der Waals surface area contributed by atoms with Gasteiger partial charge in [-0.25, -0.2) is 0 Å². The third kappa shape index (κ3) is 1.76. The van der Waals surface area contributed by atoms with Crippen molar-refractivity contribution in [2.24, 2.45) is 0 Å². The van der Waals surface area contributed by atoms with E-state index in [1.807, 2.05) is 0 Å². The number of halogens is 3. The molecule has 2 heterocycles. The highest BCUT2D eigenvalue weighted by molar-refractivity contribution is 5.29. The van der Waals surface area contributed by atoms with Crippen LogP contribution in [0.4, 0.5) is 13.2 Å². The van der Waals surface area contributed by atoms with E-state index in [-0.39, 0.29) is 18.7 Å². The molecule has 1 aromatic rings. The fraction of sp³-hybridized carbons (Fsp3) is 0.556. The summed E-state index contributed by atoms with van der Waals surface area (Å²) in [7, 11) is 0. The fourth-order valence-electron chi connectivity index (χ4n) is 1.73. The number of nitriles is 1. The van der Waals surface area contributed by atoms with Crippen molar-refractivity contribution in [1.82, 2.24) is 9.78 Å². The van der Waals surface area contributed by atoms with E-state index in [2.05, 4.69) is 5.10 Å². The summed E-state index contributed by atoms with van der Waals surface area (Å²) in [6.45, 7) is 0.107. The van der Waals surface area contributed by atoms with Gasteiger partial charge in [0.15, 0.2) is 5.69 Å². The van der Waals surface area contributed by atoms with E-state index in [1.54, 1.807) is 6.07 Å². The van der Waals surface area contributed by atoms with Gasteiger partial charge in [0.2, 0.25) is 0 Å². The standard InChI is InChI=1S/C9H8F3N3O/c10-9(11,12)8-6-5-16-4-1-7(6)15(14-8)3-2-13/h1,3-5H2. The first kappa shape index (κ1) is 11.0. The van der Waals surface area contributed by atoms with Gasteiger partial charge in [-0.3, -0.25) is 4.68 Å². The molecule has 0 amide bonds. The Balaban J connectivity index is 2.51. The first-order valence-corrected chi connectivity index (χ1v) is 4.64. The van der Waals surface area contributed by atoms with E-state index < -0.39 is 11.9 Å². The molecule has 0 fully saturated rings. The van der Waals surface area contributed by atoms with Crippen LogP contribution < -0.4 is 0 Å². The van der Waals surface area contributed by atoms with Crippen molar-refractivity contribution in [2.75, 3.05) is 6.61 Å². The van der Waals surface area contributed by atoms with Gasteiger partial charge in [0.05, 0.1) is 19.3 Å². The van der Waals surface area contributed by atoms with Crippen LogP contribution in [0.5, 0.6) is 0 Å². The summed E-state index contributed by atoms with van der Waals surface area (Å²) in [5, 5.41) is 12.0. The Morgan fingerprint density at radius 2 is 2.25 bits per heavy atom. The molecule has 1 aliphatic rings. The number of fused-ring (bicyclic) bond motifs is 1. The first-order valence-electron chi connectivity index (χ1n) is 4.64. The molecule has 0 radical (unpaired) electrons. The summed E-state index contributed by atoms with van der Waals surface area (Å²) in [6.07, 6.45) is -4.13. The average molecular weight is 231 g/mol. The van der Waals surface area contributed by atoms with Crippen LogP contribution in [0.2, 0.25) is 0 Å². The zero-order valence-corrected chi connectivity index (χ0v) is 8.21. The largest absolute Gasteiger partial charge is 0.435 e. The summed E-state index contributed by atoms with van der Waals surface area (Å²) < 4.78 is 43.9. The van der Waals surface area contributed by atoms with E-state index in [9.17, 15) is 13.2 Å². The Bertz CT molecular complexity index is 444. The lowest BCUT2D eigenvalue weighted by atomic mass is 10.1. The Labute approximate surface area is 89.2 Å². The predicted octanol–water partition coefficient (Wildman–Crippen LogP) is 1.50. The maximum absolute atomic E-state index is 12.6. The molecule has 0 spiro atoms. The molecule has 16 heavy (non-hydrogen) atoms. The average Bonchev–Trinajstić information content (AvgIpc) is 2.58. The molecule has 0 N–H and O–H groups in total. The van der Waals surface area contributed by atoms with Crippen molar-refractivity contribution in [1.29, 1.82) is 5.26 Å². The number of hydrogen-bond donors (Lipinski definition) is 0. The summed E-state index contributed by atoms with van der Waals surface area (Å²) in [6, 6.07) is 1.79. The van der Waals surface area contributed by atoms with E-state index >= 15 is 0 Å². The van der Waals surface area contributed by atoms with Crippen LogP contribution in [0.25, 0.3) is 0 Å². The molecule has 7 heteroatoms. The van der Waals surface area contributed by atoms with Crippen molar-refractivity contribution in [2.45, 2.75) is 25.7 Å². The Morgan fingerprint density at radius 3 is 2.88 bits per heavy atom. The van der Waals surface area contributed by atoms with Crippen LogP contribution in [0, 0.1) is 11.3 Å². The molecule has 2 rings (SSSR count). The van der Waals surface area contributed by atoms with Crippen molar-refractivity contribution in [3.8, 4) is 6.07 Å². The van der Waals surface area contributed by atoms with Gasteiger partial charge in [-0.15, -0.1) is 0 Å². The lowest BCUT2D eigenvalue weighted by Gasteiger charge is -2.14. The van der Waals surface area contributed by atoms with Gasteiger partial charge in [0.1, 0.15) is 6.54 Å². The van der Waals surface area contributed by atoms with Crippen LogP contribution in [0.1, 0.15) is 17.0 Å². The van der Waals surface area contributed by atoms with Gasteiger partial charge in [-0.1, -0.05) is 0 Å². The SMILES string of the molecule is N#CCn1nc(C(F)(F)F)c2c1CCOC2. The maximum Gasteiger partial charge on any atom is 0.435 e. The van der Waals surface area contributed by atoms with Crippen LogP contribution in [-0.2, 0) is 30.5 Å². The van der Waals surface area contributed by atoms with Gasteiger partial charge in [-0.2, -0.15) is 23.5 Å². The van der Waals surface area contributed by atoms with Crippen molar-refractivity contribution in [3.05, 3.63) is 17.0 Å². The molecule has 0 unspecified atom stereocenters. The number of ether oxygens (including phenoxy) is 1. The zero-order chi connectivity index (χ0) is 11.8. The quantitative estimate of drug-likeness (QED) is 0.735. The number of alkyl halides is 3. The molecule has 86 valence electrons. The van der Waals surface area contributed by atoms with Crippen LogP contribution in [0.15, 0.2) is 0 Å². The highest BCUT2D eigenvalue weighted by atomic mass is 19.4. The predicted molar refractivity (Wildman–Crippen MR) is 46.2 cm³/mol.